The van der Waals surface area contributed by atoms with E-state index in [1.54, 1.807) is 6.92 Å². The molecule has 10 heavy (non-hydrogen) atoms. The number of unbranched alkanes of at least 4 members (excludes halogenated alkanes) is 2. The molecule has 0 bridgehead atoms. The number of hydrogen-bond donors (Lipinski definition) is 1. The third-order valence-electron chi connectivity index (χ3n) is 1.19. The summed E-state index contributed by atoms with van der Waals surface area (Å²) in [6, 6.07) is 0. The summed E-state index contributed by atoms with van der Waals surface area (Å²) >= 11 is 0. The van der Waals surface area contributed by atoms with E-state index in [9.17, 15) is 4.79 Å². The molecule has 0 rings (SSSR count). The third kappa shape index (κ3) is 11.7. The van der Waals surface area contributed by atoms with Gasteiger partial charge in [-0.1, -0.05) is 6.42 Å². The van der Waals surface area contributed by atoms with Crippen molar-refractivity contribution in [3.05, 3.63) is 0 Å². The first kappa shape index (κ1) is 13.6. The van der Waals surface area contributed by atoms with Crippen molar-refractivity contribution in [1.29, 1.82) is 0 Å². The van der Waals surface area contributed by atoms with E-state index in [1.807, 2.05) is 0 Å². The van der Waals surface area contributed by atoms with Gasteiger partial charge in [-0.2, -0.15) is 0 Å². The monoisotopic (exact) mass is 271 g/mol. The largest absolute Gasteiger partial charge is 0.396 e. The molecular formula is C7H14O2Pr. The van der Waals surface area contributed by atoms with Gasteiger partial charge in [0.25, 0.3) is 0 Å². The number of Topliss-reactive ketones (excluding diaryl/α,β-unsaturated/α-hetero) is 1. The Hall–Kier alpha value is 0.994. The smallest absolute Gasteiger partial charge is 0.129 e. The summed E-state index contributed by atoms with van der Waals surface area (Å²) in [6.07, 6.45) is 3.39. The normalized spacial score (nSPS) is 8.60. The fraction of sp³-hybridized carbons (Fsp3) is 0.857. The number of carbonyl (C=O) groups is 1. The summed E-state index contributed by atoms with van der Waals surface area (Å²) in [7, 11) is 0. The average molecular weight is 271 g/mol. The van der Waals surface area contributed by atoms with E-state index in [-0.39, 0.29) is 53.7 Å². The van der Waals surface area contributed by atoms with Crippen molar-refractivity contribution in [3.63, 3.8) is 0 Å². The molecule has 2 nitrogen and oxygen atoms in total. The van der Waals surface area contributed by atoms with Crippen molar-refractivity contribution < 1.29 is 51.2 Å². The van der Waals surface area contributed by atoms with Crippen LogP contribution in [0.2, 0.25) is 0 Å². The van der Waals surface area contributed by atoms with Crippen molar-refractivity contribution in [1.82, 2.24) is 0 Å². The molecule has 1 radical (unpaired) electrons. The molecule has 57 valence electrons. The Labute approximate surface area is 95.3 Å². The van der Waals surface area contributed by atoms with E-state index in [0.717, 1.165) is 19.3 Å². The molecule has 1 N–H and O–H groups in total. The van der Waals surface area contributed by atoms with Crippen LogP contribution in [0.3, 0.4) is 0 Å². The number of rotatable bonds is 5. The first-order chi connectivity index (χ1) is 4.27. The van der Waals surface area contributed by atoms with Gasteiger partial charge in [0, 0.05) is 54.3 Å². The minimum absolute atomic E-state index is 0. The molecule has 0 saturated carbocycles. The van der Waals surface area contributed by atoms with Crippen LogP contribution in [0.4, 0.5) is 0 Å². The quantitative estimate of drug-likeness (QED) is 0.761. The standard InChI is InChI=1S/C7H14O2.Pr/c1-7(9)5-3-2-4-6-8;/h8H,2-6H2,1H3;. The van der Waals surface area contributed by atoms with Crippen LogP contribution in [0.1, 0.15) is 32.6 Å². The maximum absolute atomic E-state index is 10.3. The Morgan fingerprint density at radius 3 is 2.30 bits per heavy atom. The fourth-order valence-corrected chi connectivity index (χ4v) is 0.663. The number of hydrogen-bond acceptors (Lipinski definition) is 2. The summed E-state index contributed by atoms with van der Waals surface area (Å²) in [5.74, 6) is 0.243. The minimum atomic E-state index is 0. The maximum atomic E-state index is 10.3. The van der Waals surface area contributed by atoms with Crippen LogP contribution in [-0.2, 0) is 4.79 Å². The van der Waals surface area contributed by atoms with E-state index < -0.39 is 0 Å². The van der Waals surface area contributed by atoms with Crippen LogP contribution in [-0.4, -0.2) is 17.5 Å². The number of aliphatic hydroxyl groups excluding tert-OH is 1. The van der Waals surface area contributed by atoms with Crippen molar-refractivity contribution >= 4 is 5.78 Å². The summed E-state index contributed by atoms with van der Waals surface area (Å²) in [4.78, 5) is 10.3. The van der Waals surface area contributed by atoms with Gasteiger partial charge in [0.05, 0.1) is 0 Å². The number of aliphatic hydroxyl groups is 1. The average Bonchev–Trinajstić information content (AvgIpc) is 1.80. The first-order valence-electron chi connectivity index (χ1n) is 3.37. The molecule has 0 fully saturated rings. The molecule has 3 heteroatoms. The Morgan fingerprint density at radius 2 is 1.90 bits per heavy atom. The van der Waals surface area contributed by atoms with Crippen LogP contribution in [0, 0.1) is 41.3 Å². The molecule has 0 heterocycles. The van der Waals surface area contributed by atoms with Gasteiger partial charge in [-0.15, -0.1) is 0 Å². The van der Waals surface area contributed by atoms with E-state index in [4.69, 9.17) is 5.11 Å². The zero-order chi connectivity index (χ0) is 7.11. The first-order valence-corrected chi connectivity index (χ1v) is 3.37. The van der Waals surface area contributed by atoms with Crippen LogP contribution >= 0.6 is 0 Å². The Bertz CT molecular complexity index is 83.7. The number of carbonyl (C=O) groups excluding carboxylic acids is 1. The minimum Gasteiger partial charge on any atom is -0.396 e. The predicted octanol–water partition coefficient (Wildman–Crippen LogP) is 1.13. The van der Waals surface area contributed by atoms with Crippen molar-refractivity contribution in [2.24, 2.45) is 0 Å². The second-order valence-corrected chi connectivity index (χ2v) is 2.24. The van der Waals surface area contributed by atoms with Gasteiger partial charge in [-0.3, -0.25) is 0 Å². The molecule has 0 aromatic heterocycles. The van der Waals surface area contributed by atoms with Crippen molar-refractivity contribution in [3.8, 4) is 0 Å². The van der Waals surface area contributed by atoms with Gasteiger partial charge in [-0.25, -0.2) is 0 Å². The summed E-state index contributed by atoms with van der Waals surface area (Å²) in [5.41, 5.74) is 0. The molecule has 0 unspecified atom stereocenters. The van der Waals surface area contributed by atoms with E-state index in [0.29, 0.717) is 6.42 Å². The topological polar surface area (TPSA) is 37.3 Å². The molecule has 0 aliphatic rings. The molecule has 0 aliphatic heterocycles. The zero-order valence-electron chi connectivity index (χ0n) is 6.47. The van der Waals surface area contributed by atoms with Gasteiger partial charge >= 0.3 is 0 Å². The third-order valence-corrected chi connectivity index (χ3v) is 1.19. The Balaban J connectivity index is 0. The summed E-state index contributed by atoms with van der Waals surface area (Å²) < 4.78 is 0. The van der Waals surface area contributed by atoms with E-state index >= 15 is 0 Å². The van der Waals surface area contributed by atoms with Gasteiger partial charge in [0.15, 0.2) is 0 Å². The van der Waals surface area contributed by atoms with Gasteiger partial charge in [0.1, 0.15) is 5.78 Å². The molecule has 0 atom stereocenters. The zero-order valence-corrected chi connectivity index (χ0v) is 10.2. The van der Waals surface area contributed by atoms with Gasteiger partial charge in [-0.05, 0) is 19.8 Å². The van der Waals surface area contributed by atoms with Crippen LogP contribution < -0.4 is 0 Å². The Morgan fingerprint density at radius 1 is 1.30 bits per heavy atom. The second kappa shape index (κ2) is 9.99. The molecule has 0 amide bonds. The summed E-state index contributed by atoms with van der Waals surface area (Å²) in [6.45, 7) is 1.84. The summed E-state index contributed by atoms with van der Waals surface area (Å²) in [5, 5.41) is 8.35. The van der Waals surface area contributed by atoms with E-state index in [2.05, 4.69) is 0 Å². The molecule has 0 aliphatic carbocycles. The number of ketones is 1. The molecular weight excluding hydrogens is 257 g/mol. The fourth-order valence-electron chi connectivity index (χ4n) is 0.663. The van der Waals surface area contributed by atoms with Gasteiger partial charge in [0.2, 0.25) is 0 Å². The second-order valence-electron chi connectivity index (χ2n) is 2.24. The molecule has 0 spiro atoms. The van der Waals surface area contributed by atoms with Crippen LogP contribution in [0.15, 0.2) is 0 Å². The van der Waals surface area contributed by atoms with Crippen LogP contribution in [0.25, 0.3) is 0 Å². The van der Waals surface area contributed by atoms with Gasteiger partial charge < -0.3 is 9.90 Å². The molecule has 0 saturated heterocycles. The maximum Gasteiger partial charge on any atom is 0.129 e. The van der Waals surface area contributed by atoms with Crippen molar-refractivity contribution in [2.45, 2.75) is 32.6 Å². The van der Waals surface area contributed by atoms with Crippen LogP contribution in [0.5, 0.6) is 0 Å². The predicted molar refractivity (Wildman–Crippen MR) is 36.2 cm³/mol. The molecule has 0 aromatic rings. The SMILES string of the molecule is CC(=O)CCCCCO.[Pr]. The van der Waals surface area contributed by atoms with Crippen molar-refractivity contribution in [2.75, 3.05) is 6.61 Å². The van der Waals surface area contributed by atoms with E-state index in [1.165, 1.54) is 0 Å². The Kier molecular flexibility index (Phi) is 13.6. The molecule has 0 aromatic carbocycles.